The third-order valence-electron chi connectivity index (χ3n) is 3.48. The van der Waals surface area contributed by atoms with Crippen molar-refractivity contribution in [1.29, 1.82) is 0 Å². The van der Waals surface area contributed by atoms with Crippen LogP contribution in [0, 0.1) is 0 Å². The smallest absolute Gasteiger partial charge is 0.219 e. The van der Waals surface area contributed by atoms with Crippen LogP contribution in [0.2, 0.25) is 0 Å². The molecule has 2 aromatic rings. The van der Waals surface area contributed by atoms with Gasteiger partial charge >= 0.3 is 0 Å². The number of unbranched alkanes of at least 4 members (excludes halogenated alkanes) is 1. The zero-order valence-electron chi connectivity index (χ0n) is 14.0. The van der Waals surface area contributed by atoms with E-state index in [9.17, 15) is 4.79 Å². The molecule has 2 rings (SSSR count). The Bertz CT molecular complexity index is 577. The van der Waals surface area contributed by atoms with E-state index in [1.165, 1.54) is 4.70 Å². The zero-order chi connectivity index (χ0) is 16.5. The van der Waals surface area contributed by atoms with Gasteiger partial charge in [-0.15, -0.1) is 11.3 Å². The standard InChI is InChI=1S/C18H26N2O2S/c1-14(2)22-13-7-12-19-17(21)10-5-6-11-18-20-15-8-3-4-9-16(15)23-18/h3-4,8-9,14H,5-7,10-13H2,1-2H3,(H,19,21). The predicted octanol–water partition coefficient (Wildman–Crippen LogP) is 3.94. The van der Waals surface area contributed by atoms with Crippen molar-refractivity contribution < 1.29 is 9.53 Å². The van der Waals surface area contributed by atoms with Gasteiger partial charge in [0.1, 0.15) is 0 Å². The van der Waals surface area contributed by atoms with E-state index in [4.69, 9.17) is 4.74 Å². The average molecular weight is 334 g/mol. The topological polar surface area (TPSA) is 51.2 Å². The molecule has 1 amide bonds. The van der Waals surface area contributed by atoms with Gasteiger partial charge in [0.05, 0.1) is 21.3 Å². The highest BCUT2D eigenvalue weighted by Crippen LogP contribution is 2.22. The molecular formula is C18H26N2O2S. The van der Waals surface area contributed by atoms with E-state index in [-0.39, 0.29) is 12.0 Å². The van der Waals surface area contributed by atoms with Gasteiger partial charge in [-0.3, -0.25) is 4.79 Å². The first-order chi connectivity index (χ1) is 11.1. The van der Waals surface area contributed by atoms with Crippen molar-refractivity contribution in [3.05, 3.63) is 29.3 Å². The fourth-order valence-electron chi connectivity index (χ4n) is 2.30. The summed E-state index contributed by atoms with van der Waals surface area (Å²) in [6.07, 6.45) is 4.59. The van der Waals surface area contributed by atoms with Crippen molar-refractivity contribution in [2.75, 3.05) is 13.2 Å². The van der Waals surface area contributed by atoms with Crippen LogP contribution >= 0.6 is 11.3 Å². The summed E-state index contributed by atoms with van der Waals surface area (Å²) in [6.45, 7) is 5.44. The third kappa shape index (κ3) is 6.67. The minimum absolute atomic E-state index is 0.138. The molecule has 1 N–H and O–H groups in total. The normalized spacial score (nSPS) is 11.3. The van der Waals surface area contributed by atoms with Crippen molar-refractivity contribution in [3.8, 4) is 0 Å². The van der Waals surface area contributed by atoms with Crippen molar-refractivity contribution in [1.82, 2.24) is 10.3 Å². The van der Waals surface area contributed by atoms with Crippen LogP contribution in [0.25, 0.3) is 10.2 Å². The van der Waals surface area contributed by atoms with E-state index in [2.05, 4.69) is 16.4 Å². The van der Waals surface area contributed by atoms with E-state index in [0.717, 1.165) is 36.2 Å². The van der Waals surface area contributed by atoms with Gasteiger partial charge in [0.15, 0.2) is 0 Å². The number of benzene rings is 1. The number of hydrogen-bond donors (Lipinski definition) is 1. The molecule has 4 nitrogen and oxygen atoms in total. The van der Waals surface area contributed by atoms with Gasteiger partial charge in [0, 0.05) is 19.6 Å². The molecule has 126 valence electrons. The number of aryl methyl sites for hydroxylation is 1. The summed E-state index contributed by atoms with van der Waals surface area (Å²) in [7, 11) is 0. The number of aromatic nitrogens is 1. The van der Waals surface area contributed by atoms with Gasteiger partial charge in [-0.2, -0.15) is 0 Å². The summed E-state index contributed by atoms with van der Waals surface area (Å²) < 4.78 is 6.68. The Labute approximate surface area is 142 Å². The van der Waals surface area contributed by atoms with Crippen molar-refractivity contribution in [2.24, 2.45) is 0 Å². The number of nitrogens with zero attached hydrogens (tertiary/aromatic N) is 1. The predicted molar refractivity (Wildman–Crippen MR) is 95.9 cm³/mol. The molecule has 1 aromatic carbocycles. The molecule has 23 heavy (non-hydrogen) atoms. The zero-order valence-corrected chi connectivity index (χ0v) is 14.8. The number of amides is 1. The third-order valence-corrected chi connectivity index (χ3v) is 4.57. The molecule has 0 saturated carbocycles. The second-order valence-corrected chi connectivity index (χ2v) is 7.02. The second kappa shape index (κ2) is 9.63. The van der Waals surface area contributed by atoms with E-state index >= 15 is 0 Å². The van der Waals surface area contributed by atoms with Crippen LogP contribution in [-0.2, 0) is 16.0 Å². The Kier molecular flexibility index (Phi) is 7.49. The number of fused-ring (bicyclic) bond motifs is 1. The molecule has 0 aliphatic heterocycles. The first-order valence-electron chi connectivity index (χ1n) is 8.38. The number of thiazole rings is 1. The Morgan fingerprint density at radius 1 is 1.26 bits per heavy atom. The quantitative estimate of drug-likeness (QED) is 0.670. The molecule has 1 aromatic heterocycles. The molecule has 5 heteroatoms. The molecule has 0 fully saturated rings. The summed E-state index contributed by atoms with van der Waals surface area (Å²) in [4.78, 5) is 16.3. The number of carbonyl (C=O) groups excluding carboxylic acids is 1. The fraction of sp³-hybridized carbons (Fsp3) is 0.556. The SMILES string of the molecule is CC(C)OCCCNC(=O)CCCCc1nc2ccccc2s1. The van der Waals surface area contributed by atoms with Crippen LogP contribution in [0.4, 0.5) is 0 Å². The minimum atomic E-state index is 0.138. The van der Waals surface area contributed by atoms with Gasteiger partial charge in [-0.05, 0) is 51.7 Å². The maximum Gasteiger partial charge on any atom is 0.219 e. The molecule has 0 spiro atoms. The highest BCUT2D eigenvalue weighted by Gasteiger charge is 2.04. The van der Waals surface area contributed by atoms with Gasteiger partial charge in [-0.25, -0.2) is 4.98 Å². The number of carbonyl (C=O) groups is 1. The number of nitrogens with one attached hydrogen (secondary N) is 1. The van der Waals surface area contributed by atoms with Crippen LogP contribution in [0.3, 0.4) is 0 Å². The molecule has 0 aliphatic carbocycles. The molecule has 0 saturated heterocycles. The van der Waals surface area contributed by atoms with Gasteiger partial charge < -0.3 is 10.1 Å². The Morgan fingerprint density at radius 3 is 2.87 bits per heavy atom. The van der Waals surface area contributed by atoms with Crippen LogP contribution in [0.15, 0.2) is 24.3 Å². The fourth-order valence-corrected chi connectivity index (χ4v) is 3.31. The van der Waals surface area contributed by atoms with Gasteiger partial charge in [-0.1, -0.05) is 12.1 Å². The van der Waals surface area contributed by atoms with E-state index < -0.39 is 0 Å². The van der Waals surface area contributed by atoms with Gasteiger partial charge in [0.25, 0.3) is 0 Å². The first-order valence-corrected chi connectivity index (χ1v) is 9.19. The van der Waals surface area contributed by atoms with Crippen LogP contribution < -0.4 is 5.32 Å². The Balaban J connectivity index is 1.55. The second-order valence-electron chi connectivity index (χ2n) is 5.91. The molecule has 1 heterocycles. The number of rotatable bonds is 10. The maximum absolute atomic E-state index is 11.7. The van der Waals surface area contributed by atoms with Crippen LogP contribution in [0.5, 0.6) is 0 Å². The summed E-state index contributed by atoms with van der Waals surface area (Å²) >= 11 is 1.75. The van der Waals surface area contributed by atoms with Crippen molar-refractivity contribution in [2.45, 2.75) is 52.1 Å². The molecule has 0 radical (unpaired) electrons. The largest absolute Gasteiger partial charge is 0.379 e. The number of ether oxygens (including phenoxy) is 1. The Hall–Kier alpha value is -1.46. The average Bonchev–Trinajstić information content (AvgIpc) is 2.93. The summed E-state index contributed by atoms with van der Waals surface area (Å²) in [6, 6.07) is 8.21. The van der Waals surface area contributed by atoms with E-state index in [0.29, 0.717) is 19.6 Å². The number of hydrogen-bond acceptors (Lipinski definition) is 4. The summed E-state index contributed by atoms with van der Waals surface area (Å²) in [5.41, 5.74) is 1.08. The molecule has 0 aliphatic rings. The lowest BCUT2D eigenvalue weighted by Gasteiger charge is -2.08. The molecular weight excluding hydrogens is 308 g/mol. The van der Waals surface area contributed by atoms with Gasteiger partial charge in [0.2, 0.25) is 5.91 Å². The monoisotopic (exact) mass is 334 g/mol. The number of para-hydroxylation sites is 1. The summed E-state index contributed by atoms with van der Waals surface area (Å²) in [5, 5.41) is 4.11. The highest BCUT2D eigenvalue weighted by molar-refractivity contribution is 7.18. The highest BCUT2D eigenvalue weighted by atomic mass is 32.1. The minimum Gasteiger partial charge on any atom is -0.379 e. The Morgan fingerprint density at radius 2 is 2.09 bits per heavy atom. The van der Waals surface area contributed by atoms with Crippen molar-refractivity contribution in [3.63, 3.8) is 0 Å². The lowest BCUT2D eigenvalue weighted by molar-refractivity contribution is -0.121. The first kappa shape index (κ1) is 17.9. The maximum atomic E-state index is 11.7. The van der Waals surface area contributed by atoms with E-state index in [1.807, 2.05) is 32.0 Å². The molecule has 0 atom stereocenters. The lowest BCUT2D eigenvalue weighted by Crippen LogP contribution is -2.25. The molecule has 0 unspecified atom stereocenters. The lowest BCUT2D eigenvalue weighted by atomic mass is 10.2. The van der Waals surface area contributed by atoms with E-state index in [1.54, 1.807) is 11.3 Å². The van der Waals surface area contributed by atoms with Crippen LogP contribution in [-0.4, -0.2) is 30.1 Å². The summed E-state index contributed by atoms with van der Waals surface area (Å²) in [5.74, 6) is 0.138. The van der Waals surface area contributed by atoms with Crippen molar-refractivity contribution >= 4 is 27.5 Å². The van der Waals surface area contributed by atoms with Crippen LogP contribution in [0.1, 0.15) is 44.5 Å². The molecule has 0 bridgehead atoms.